The first-order valence-corrected chi connectivity index (χ1v) is 25.3. The highest BCUT2D eigenvalue weighted by Crippen LogP contribution is 2.56. The first-order chi connectivity index (χ1) is 34.6. The van der Waals surface area contributed by atoms with Gasteiger partial charge in [-0.25, -0.2) is 22.1 Å². The highest BCUT2D eigenvalue weighted by molar-refractivity contribution is 7.94. The maximum absolute atomic E-state index is 15.0. The van der Waals surface area contributed by atoms with Crippen molar-refractivity contribution >= 4 is 37.5 Å². The molecule has 0 spiro atoms. The summed E-state index contributed by atoms with van der Waals surface area (Å²) in [6, 6.07) is 40.4. The van der Waals surface area contributed by atoms with Gasteiger partial charge in [0.05, 0.1) is 31.6 Å². The van der Waals surface area contributed by atoms with Crippen molar-refractivity contribution in [3.63, 3.8) is 0 Å². The van der Waals surface area contributed by atoms with Crippen molar-refractivity contribution in [2.24, 2.45) is 0 Å². The van der Waals surface area contributed by atoms with Crippen molar-refractivity contribution in [1.82, 2.24) is 0 Å². The second-order valence-electron chi connectivity index (χ2n) is 16.4. The summed E-state index contributed by atoms with van der Waals surface area (Å²) in [4.78, 5) is 13.8. The summed E-state index contributed by atoms with van der Waals surface area (Å²) in [5, 5.41) is 12.1. The molecule has 0 aliphatic carbocycles. The van der Waals surface area contributed by atoms with Gasteiger partial charge in [-0.3, -0.25) is 4.79 Å². The summed E-state index contributed by atoms with van der Waals surface area (Å²) in [5.74, 6) is -0.458. The number of carbonyl (C=O) groups excluding carboxylic acids is 1. The first kappa shape index (κ1) is 52.1. The van der Waals surface area contributed by atoms with Crippen molar-refractivity contribution in [2.75, 3.05) is 0 Å². The quantitative estimate of drug-likeness (QED) is 0.0325. The summed E-state index contributed by atoms with van der Waals surface area (Å²) >= 11 is 0.707. The molecule has 0 radical (unpaired) electrons. The van der Waals surface area contributed by atoms with Crippen molar-refractivity contribution in [1.29, 1.82) is 0 Å². The smallest absolute Gasteiger partial charge is 0.411 e. The minimum absolute atomic E-state index is 0.0285. The molecule has 1 N–H and O–H groups in total. The highest BCUT2D eigenvalue weighted by atomic mass is 32.2. The fourth-order valence-corrected chi connectivity index (χ4v) is 10.9. The molecular weight excluding hydrogens is 1020 g/mol. The summed E-state index contributed by atoms with van der Waals surface area (Å²) in [6.45, 7) is 3.58. The summed E-state index contributed by atoms with van der Waals surface area (Å²) in [7, 11) is -7.98. The number of hydrogen-bond donors (Lipinski definition) is 1. The van der Waals surface area contributed by atoms with E-state index in [1.54, 1.807) is 80.6 Å². The molecule has 8 rings (SSSR count). The van der Waals surface area contributed by atoms with Gasteiger partial charge in [-0.1, -0.05) is 83.4 Å². The third-order valence-electron chi connectivity index (χ3n) is 11.7. The van der Waals surface area contributed by atoms with Crippen LogP contribution in [-0.4, -0.2) is 40.2 Å². The van der Waals surface area contributed by atoms with Crippen LogP contribution >= 0.6 is 12.0 Å². The molecule has 0 aromatic heterocycles. The lowest BCUT2D eigenvalue weighted by Crippen LogP contribution is -2.54. The Hall–Kier alpha value is -7.26. The number of benzene rings is 8. The molecule has 374 valence electrons. The van der Waals surface area contributed by atoms with Gasteiger partial charge >= 0.3 is 12.4 Å². The SMILES string of the molecule is Cc1ccc(S(=O)(=O)c2ccc(Oc3ccc(C(c4ccc(Oc5ccc(S(=O)(=O)c6ccc(-c7ccc(C)c(C(=O)c8cccc(SOOO)c8)c7)cc6)cc5)cc4)(C(F)(F)F)C(F)(F)F)cc3)cc2)cc1. The van der Waals surface area contributed by atoms with Crippen LogP contribution in [-0.2, 0) is 34.5 Å². The van der Waals surface area contributed by atoms with Gasteiger partial charge in [0.1, 0.15) is 23.0 Å². The van der Waals surface area contributed by atoms with Crippen LogP contribution in [0.5, 0.6) is 23.0 Å². The average molecular weight is 1060 g/mol. The number of sulfone groups is 2. The van der Waals surface area contributed by atoms with Crippen LogP contribution in [0.4, 0.5) is 26.3 Å². The van der Waals surface area contributed by atoms with E-state index in [-0.39, 0.29) is 48.4 Å². The van der Waals surface area contributed by atoms with E-state index in [1.165, 1.54) is 72.8 Å². The molecule has 10 nitrogen and oxygen atoms in total. The van der Waals surface area contributed by atoms with Crippen LogP contribution in [0.2, 0.25) is 0 Å². The molecular formula is C54H38F6O10S3. The average Bonchev–Trinajstić information content (AvgIpc) is 3.36. The minimum atomic E-state index is -5.90. The molecule has 8 aromatic rings. The predicted octanol–water partition coefficient (Wildman–Crippen LogP) is 14.3. The molecule has 0 saturated heterocycles. The minimum Gasteiger partial charge on any atom is -0.457 e. The van der Waals surface area contributed by atoms with Crippen LogP contribution in [0.15, 0.2) is 213 Å². The van der Waals surface area contributed by atoms with E-state index in [4.69, 9.17) is 14.7 Å². The lowest BCUT2D eigenvalue weighted by atomic mass is 9.73. The number of alkyl halides is 6. The zero-order chi connectivity index (χ0) is 52.3. The Morgan fingerprint density at radius 1 is 0.493 bits per heavy atom. The van der Waals surface area contributed by atoms with Gasteiger partial charge in [0, 0.05) is 16.0 Å². The second-order valence-corrected chi connectivity index (χ2v) is 21.1. The Morgan fingerprint density at radius 2 is 0.890 bits per heavy atom. The molecule has 8 aromatic carbocycles. The van der Waals surface area contributed by atoms with E-state index < -0.39 is 48.6 Å². The number of ketones is 1. The Bertz CT molecular complexity index is 3480. The van der Waals surface area contributed by atoms with Gasteiger partial charge in [-0.15, -0.1) is 4.33 Å². The zero-order valence-electron chi connectivity index (χ0n) is 38.0. The van der Waals surface area contributed by atoms with Crippen LogP contribution in [0.1, 0.15) is 38.2 Å². The van der Waals surface area contributed by atoms with Crippen molar-refractivity contribution in [2.45, 2.75) is 56.1 Å². The zero-order valence-corrected chi connectivity index (χ0v) is 40.5. The van der Waals surface area contributed by atoms with E-state index in [9.17, 15) is 21.6 Å². The number of halogens is 6. The summed E-state index contributed by atoms with van der Waals surface area (Å²) < 4.78 is 159. The van der Waals surface area contributed by atoms with Crippen molar-refractivity contribution in [3.05, 3.63) is 221 Å². The van der Waals surface area contributed by atoms with Crippen LogP contribution in [0, 0.1) is 13.8 Å². The van der Waals surface area contributed by atoms with E-state index in [1.807, 2.05) is 0 Å². The van der Waals surface area contributed by atoms with Gasteiger partial charge in [0.15, 0.2) is 5.78 Å². The second kappa shape index (κ2) is 20.7. The molecule has 0 saturated carbocycles. The maximum Gasteiger partial charge on any atom is 0.411 e. The standard InChI is InChI=1S/C54H38F6O10S3/c1-34-6-24-46(25-7-34)72(63,64)48-28-20-43(21-29-48)67-41-16-12-39(13-17-41)52(53(55,56)57,54(58,59)60)40-14-18-42(19-15-40)68-44-22-30-49(31-23-44)73(65,66)47-26-10-36(11-27-47)37-9-8-35(2)50(33-37)51(61)38-4-3-5-45(32-38)71-70-69-62/h3-33,62H,1-2H3. The predicted molar refractivity (Wildman–Crippen MR) is 258 cm³/mol. The van der Waals surface area contributed by atoms with Crippen LogP contribution < -0.4 is 9.47 Å². The van der Waals surface area contributed by atoms with Crippen LogP contribution in [0.25, 0.3) is 11.1 Å². The topological polar surface area (TPSA) is 142 Å². The van der Waals surface area contributed by atoms with E-state index in [0.29, 0.717) is 69.0 Å². The molecule has 0 bridgehead atoms. The Morgan fingerprint density at radius 3 is 1.32 bits per heavy atom. The van der Waals surface area contributed by atoms with E-state index in [0.717, 1.165) is 29.8 Å². The number of hydrogen-bond acceptors (Lipinski definition) is 11. The fourth-order valence-electron chi connectivity index (χ4n) is 7.94. The van der Waals surface area contributed by atoms with E-state index >= 15 is 26.3 Å². The number of carbonyl (C=O) groups is 1. The molecule has 0 fully saturated rings. The number of rotatable bonds is 16. The molecule has 0 atom stereocenters. The van der Waals surface area contributed by atoms with Gasteiger partial charge < -0.3 is 9.47 Å². The number of aryl methyl sites for hydroxylation is 2. The van der Waals surface area contributed by atoms with Crippen LogP contribution in [0.3, 0.4) is 0 Å². The third-order valence-corrected chi connectivity index (χ3v) is 15.9. The Balaban J connectivity index is 0.956. The van der Waals surface area contributed by atoms with Crippen molar-refractivity contribution in [3.8, 4) is 34.1 Å². The molecule has 19 heteroatoms. The highest BCUT2D eigenvalue weighted by Gasteiger charge is 2.72. The van der Waals surface area contributed by atoms with Crippen molar-refractivity contribution < 1.29 is 72.1 Å². The third kappa shape index (κ3) is 10.8. The van der Waals surface area contributed by atoms with E-state index in [2.05, 4.69) is 9.37 Å². The molecule has 0 aliphatic rings. The summed E-state index contributed by atoms with van der Waals surface area (Å²) in [5.41, 5.74) is -3.27. The fraction of sp³-hybridized carbons (Fsp3) is 0.0926. The van der Waals surface area contributed by atoms with Gasteiger partial charge in [-0.05, 0) is 157 Å². The molecule has 0 heterocycles. The van der Waals surface area contributed by atoms with Gasteiger partial charge in [0.25, 0.3) is 0 Å². The van der Waals surface area contributed by atoms with Gasteiger partial charge in [-0.2, -0.15) is 26.3 Å². The monoisotopic (exact) mass is 1060 g/mol. The molecule has 0 unspecified atom stereocenters. The lowest BCUT2D eigenvalue weighted by molar-refractivity contribution is -0.432. The largest absolute Gasteiger partial charge is 0.457 e. The number of ether oxygens (including phenoxy) is 2. The van der Waals surface area contributed by atoms with Gasteiger partial charge in [0.2, 0.25) is 25.1 Å². The maximum atomic E-state index is 15.0. The molecule has 0 amide bonds. The Kier molecular flexibility index (Phi) is 14.8. The molecule has 0 aliphatic heterocycles. The summed E-state index contributed by atoms with van der Waals surface area (Å²) in [6.07, 6.45) is -11.8. The lowest BCUT2D eigenvalue weighted by Gasteiger charge is -2.38. The first-order valence-electron chi connectivity index (χ1n) is 21.6. The Labute approximate surface area is 419 Å². The normalized spacial score (nSPS) is 12.3. The molecule has 73 heavy (non-hydrogen) atoms.